The minimum absolute atomic E-state index is 0.281. The monoisotopic (exact) mass is 293 g/mol. The lowest BCUT2D eigenvalue weighted by Gasteiger charge is -2.15. The van der Waals surface area contributed by atoms with Crippen LogP contribution in [0.25, 0.3) is 0 Å². The van der Waals surface area contributed by atoms with Crippen molar-refractivity contribution in [1.82, 2.24) is 14.9 Å². The molecule has 0 saturated heterocycles. The molecular formula is C15H20ClN3O. The van der Waals surface area contributed by atoms with Gasteiger partial charge in [0.15, 0.2) is 0 Å². The zero-order valence-corrected chi connectivity index (χ0v) is 12.8. The van der Waals surface area contributed by atoms with Crippen LogP contribution in [-0.2, 0) is 13.7 Å². The SMILES string of the molecule is CCNC(C)c1ccc(OCc2cncn2C)c(Cl)c1. The van der Waals surface area contributed by atoms with E-state index in [0.717, 1.165) is 17.8 Å². The lowest BCUT2D eigenvalue weighted by molar-refractivity contribution is 0.297. The number of aromatic nitrogens is 2. The number of ether oxygens (including phenoxy) is 1. The zero-order valence-electron chi connectivity index (χ0n) is 12.1. The van der Waals surface area contributed by atoms with Crippen LogP contribution >= 0.6 is 11.6 Å². The van der Waals surface area contributed by atoms with Gasteiger partial charge in [-0.1, -0.05) is 24.6 Å². The molecule has 0 radical (unpaired) electrons. The quantitative estimate of drug-likeness (QED) is 0.888. The summed E-state index contributed by atoms with van der Waals surface area (Å²) in [5.41, 5.74) is 2.16. The summed E-state index contributed by atoms with van der Waals surface area (Å²) in [5, 5.41) is 3.99. The summed E-state index contributed by atoms with van der Waals surface area (Å²) in [7, 11) is 1.94. The highest BCUT2D eigenvalue weighted by atomic mass is 35.5. The van der Waals surface area contributed by atoms with Gasteiger partial charge in [-0.2, -0.15) is 0 Å². The van der Waals surface area contributed by atoms with Gasteiger partial charge in [-0.3, -0.25) is 0 Å². The van der Waals surface area contributed by atoms with Crippen molar-refractivity contribution in [2.45, 2.75) is 26.5 Å². The molecule has 2 rings (SSSR count). The van der Waals surface area contributed by atoms with Crippen molar-refractivity contribution in [3.8, 4) is 5.75 Å². The molecule has 0 fully saturated rings. The molecule has 1 atom stereocenters. The van der Waals surface area contributed by atoms with Gasteiger partial charge < -0.3 is 14.6 Å². The molecule has 0 saturated carbocycles. The van der Waals surface area contributed by atoms with Crippen molar-refractivity contribution in [3.63, 3.8) is 0 Å². The van der Waals surface area contributed by atoms with Gasteiger partial charge in [-0.05, 0) is 31.2 Å². The minimum Gasteiger partial charge on any atom is -0.486 e. The predicted octanol–water partition coefficient (Wildman–Crippen LogP) is 3.32. The second-order valence-corrected chi connectivity index (χ2v) is 5.16. The molecule has 20 heavy (non-hydrogen) atoms. The molecule has 0 aliphatic heterocycles. The van der Waals surface area contributed by atoms with Gasteiger partial charge in [-0.15, -0.1) is 0 Å². The average molecular weight is 294 g/mol. The van der Waals surface area contributed by atoms with E-state index in [2.05, 4.69) is 24.1 Å². The topological polar surface area (TPSA) is 39.1 Å². The van der Waals surface area contributed by atoms with E-state index in [9.17, 15) is 0 Å². The second-order valence-electron chi connectivity index (χ2n) is 4.75. The molecule has 1 unspecified atom stereocenters. The highest BCUT2D eigenvalue weighted by molar-refractivity contribution is 6.32. The second kappa shape index (κ2) is 6.77. The van der Waals surface area contributed by atoms with Gasteiger partial charge in [0.25, 0.3) is 0 Å². The summed E-state index contributed by atoms with van der Waals surface area (Å²) in [6.07, 6.45) is 3.54. The summed E-state index contributed by atoms with van der Waals surface area (Å²) in [6, 6.07) is 6.19. The van der Waals surface area contributed by atoms with Crippen molar-refractivity contribution in [1.29, 1.82) is 0 Å². The van der Waals surface area contributed by atoms with Crippen molar-refractivity contribution in [3.05, 3.63) is 47.0 Å². The molecule has 0 amide bonds. The third-order valence-electron chi connectivity index (χ3n) is 3.26. The Bertz CT molecular complexity index is 568. The summed E-state index contributed by atoms with van der Waals surface area (Å²) < 4.78 is 7.67. The van der Waals surface area contributed by atoms with Crippen LogP contribution in [0.4, 0.5) is 0 Å². The van der Waals surface area contributed by atoms with E-state index >= 15 is 0 Å². The molecule has 1 heterocycles. The van der Waals surface area contributed by atoms with Gasteiger partial charge in [-0.25, -0.2) is 4.98 Å². The number of hydrogen-bond donors (Lipinski definition) is 1. The molecular weight excluding hydrogens is 274 g/mol. The van der Waals surface area contributed by atoms with E-state index in [-0.39, 0.29) is 6.04 Å². The Balaban J connectivity index is 2.04. The van der Waals surface area contributed by atoms with E-state index in [1.807, 2.05) is 29.8 Å². The number of imidazole rings is 1. The Morgan fingerprint density at radius 1 is 1.45 bits per heavy atom. The van der Waals surface area contributed by atoms with E-state index in [1.165, 1.54) is 0 Å². The van der Waals surface area contributed by atoms with E-state index < -0.39 is 0 Å². The van der Waals surface area contributed by atoms with Crippen LogP contribution in [0.3, 0.4) is 0 Å². The Morgan fingerprint density at radius 2 is 2.25 bits per heavy atom. The summed E-state index contributed by atoms with van der Waals surface area (Å²) in [4.78, 5) is 4.06. The van der Waals surface area contributed by atoms with Gasteiger partial charge >= 0.3 is 0 Å². The lowest BCUT2D eigenvalue weighted by Crippen LogP contribution is -2.17. The standard InChI is InChI=1S/C15H20ClN3O/c1-4-18-11(2)12-5-6-15(14(16)7-12)20-9-13-8-17-10-19(13)3/h5-8,10-11,18H,4,9H2,1-3H3. The fraction of sp³-hybridized carbons (Fsp3) is 0.400. The number of aryl methyl sites for hydroxylation is 1. The molecule has 5 heteroatoms. The molecule has 1 aromatic carbocycles. The maximum atomic E-state index is 6.28. The average Bonchev–Trinajstić information content (AvgIpc) is 2.83. The van der Waals surface area contributed by atoms with Crippen molar-refractivity contribution >= 4 is 11.6 Å². The van der Waals surface area contributed by atoms with Crippen molar-refractivity contribution in [2.24, 2.45) is 7.05 Å². The van der Waals surface area contributed by atoms with Gasteiger partial charge in [0.1, 0.15) is 12.4 Å². The van der Waals surface area contributed by atoms with Gasteiger partial charge in [0.05, 0.1) is 23.2 Å². The van der Waals surface area contributed by atoms with Crippen molar-refractivity contribution in [2.75, 3.05) is 6.54 Å². The fourth-order valence-corrected chi connectivity index (χ4v) is 2.25. The molecule has 4 nitrogen and oxygen atoms in total. The van der Waals surface area contributed by atoms with Crippen LogP contribution in [0.2, 0.25) is 5.02 Å². The van der Waals surface area contributed by atoms with Crippen molar-refractivity contribution < 1.29 is 4.74 Å². The van der Waals surface area contributed by atoms with Crippen LogP contribution in [0.5, 0.6) is 5.75 Å². The largest absolute Gasteiger partial charge is 0.486 e. The number of nitrogens with zero attached hydrogens (tertiary/aromatic N) is 2. The number of halogens is 1. The minimum atomic E-state index is 0.281. The normalized spacial score (nSPS) is 12.4. The fourth-order valence-electron chi connectivity index (χ4n) is 2.00. The van der Waals surface area contributed by atoms with Crippen LogP contribution in [0, 0.1) is 0 Å². The van der Waals surface area contributed by atoms with Crippen LogP contribution in [0.1, 0.15) is 31.1 Å². The number of rotatable bonds is 6. The number of benzene rings is 1. The Morgan fingerprint density at radius 3 is 2.85 bits per heavy atom. The molecule has 0 aliphatic rings. The van der Waals surface area contributed by atoms with Crippen LogP contribution in [0.15, 0.2) is 30.7 Å². The molecule has 0 spiro atoms. The van der Waals surface area contributed by atoms with E-state index in [0.29, 0.717) is 17.4 Å². The first-order chi connectivity index (χ1) is 9.61. The third-order valence-corrected chi connectivity index (χ3v) is 3.55. The number of hydrogen-bond acceptors (Lipinski definition) is 3. The molecule has 1 N–H and O–H groups in total. The molecule has 0 aliphatic carbocycles. The van der Waals surface area contributed by atoms with E-state index in [4.69, 9.17) is 16.3 Å². The molecule has 108 valence electrons. The highest BCUT2D eigenvalue weighted by Gasteiger charge is 2.09. The maximum Gasteiger partial charge on any atom is 0.138 e. The van der Waals surface area contributed by atoms with Gasteiger partial charge in [0.2, 0.25) is 0 Å². The first-order valence-corrected chi connectivity index (χ1v) is 7.10. The first-order valence-electron chi connectivity index (χ1n) is 6.72. The lowest BCUT2D eigenvalue weighted by atomic mass is 10.1. The van der Waals surface area contributed by atoms with Gasteiger partial charge in [0, 0.05) is 13.1 Å². The summed E-state index contributed by atoms with van der Waals surface area (Å²) in [6.45, 7) is 5.59. The first kappa shape index (κ1) is 14.9. The third kappa shape index (κ3) is 3.52. The van der Waals surface area contributed by atoms with E-state index in [1.54, 1.807) is 12.5 Å². The Labute approximate surface area is 124 Å². The summed E-state index contributed by atoms with van der Waals surface area (Å²) >= 11 is 6.28. The van der Waals surface area contributed by atoms with Crippen LogP contribution in [-0.4, -0.2) is 16.1 Å². The summed E-state index contributed by atoms with van der Waals surface area (Å²) in [5.74, 6) is 0.695. The molecule has 0 bridgehead atoms. The van der Waals surface area contributed by atoms with Crippen LogP contribution < -0.4 is 10.1 Å². The molecule has 1 aromatic heterocycles. The predicted molar refractivity (Wildman–Crippen MR) is 81.1 cm³/mol. The number of nitrogens with one attached hydrogen (secondary N) is 1. The Kier molecular flexibility index (Phi) is 5.04. The maximum absolute atomic E-state index is 6.28. The molecule has 2 aromatic rings. The Hall–Kier alpha value is -1.52. The highest BCUT2D eigenvalue weighted by Crippen LogP contribution is 2.28. The zero-order chi connectivity index (χ0) is 14.5. The smallest absolute Gasteiger partial charge is 0.138 e.